The molecule has 0 saturated carbocycles. The van der Waals surface area contributed by atoms with Crippen molar-refractivity contribution < 1.29 is 22.7 Å². The van der Waals surface area contributed by atoms with Crippen molar-refractivity contribution in [1.29, 1.82) is 0 Å². The van der Waals surface area contributed by atoms with Gasteiger partial charge in [-0.25, -0.2) is 8.42 Å². The summed E-state index contributed by atoms with van der Waals surface area (Å²) in [6.07, 6.45) is 3.14. The molecular weight excluding hydrogens is 364 g/mol. The maximum atomic E-state index is 12.2. The Balaban J connectivity index is 3.00. The van der Waals surface area contributed by atoms with E-state index >= 15 is 0 Å². The molecule has 0 amide bonds. The van der Waals surface area contributed by atoms with E-state index in [4.69, 9.17) is 9.47 Å². The molecule has 0 unspecified atom stereocenters. The lowest BCUT2D eigenvalue weighted by Crippen LogP contribution is -2.13. The van der Waals surface area contributed by atoms with Gasteiger partial charge in [0, 0.05) is 6.08 Å². The SMILES string of the molecule is C=C(/C=C(\C=C(/C)C(C)=O)OC(C)C)Oc1ccc(S(=O)(=O)C(C)C)cc1. The van der Waals surface area contributed by atoms with Crippen LogP contribution in [0.3, 0.4) is 0 Å². The van der Waals surface area contributed by atoms with Gasteiger partial charge < -0.3 is 9.47 Å². The van der Waals surface area contributed by atoms with Crippen molar-refractivity contribution in [3.63, 3.8) is 0 Å². The molecule has 0 heterocycles. The van der Waals surface area contributed by atoms with Gasteiger partial charge >= 0.3 is 0 Å². The summed E-state index contributed by atoms with van der Waals surface area (Å²) in [5.74, 6) is 1.16. The minimum Gasteiger partial charge on any atom is -0.491 e. The van der Waals surface area contributed by atoms with E-state index in [0.29, 0.717) is 22.8 Å². The zero-order valence-corrected chi connectivity index (χ0v) is 17.6. The molecule has 27 heavy (non-hydrogen) atoms. The average molecular weight is 393 g/mol. The Hall–Kier alpha value is -2.34. The fraction of sp³-hybridized carbons (Fsp3) is 0.381. The number of Topliss-reactive ketones (excluding diaryl/α,β-unsaturated/α-hetero) is 1. The molecule has 5 nitrogen and oxygen atoms in total. The van der Waals surface area contributed by atoms with Gasteiger partial charge in [-0.05, 0) is 77.5 Å². The van der Waals surface area contributed by atoms with Crippen LogP contribution in [0.1, 0.15) is 41.5 Å². The number of rotatable bonds is 9. The van der Waals surface area contributed by atoms with Crippen molar-refractivity contribution in [3.8, 4) is 5.75 Å². The Kier molecular flexibility index (Phi) is 8.03. The van der Waals surface area contributed by atoms with E-state index < -0.39 is 15.1 Å². The van der Waals surface area contributed by atoms with Gasteiger partial charge in [-0.3, -0.25) is 4.79 Å². The standard InChI is InChI=1S/C21H28O5S/c1-14(2)25-20(12-16(5)18(7)22)13-17(6)26-19-8-10-21(11-9-19)27(23,24)15(3)4/h8-15H,6H2,1-5,7H3/b16-12+,20-13+. The normalized spacial score (nSPS) is 13.0. The molecule has 6 heteroatoms. The van der Waals surface area contributed by atoms with E-state index in [0.717, 1.165) is 0 Å². The Morgan fingerprint density at radius 1 is 1.04 bits per heavy atom. The zero-order chi connectivity index (χ0) is 20.8. The number of hydrogen-bond donors (Lipinski definition) is 0. The number of ketones is 1. The fourth-order valence-electron chi connectivity index (χ4n) is 2.01. The maximum absolute atomic E-state index is 12.2. The summed E-state index contributed by atoms with van der Waals surface area (Å²) in [6.45, 7) is 14.1. The fourth-order valence-corrected chi connectivity index (χ4v) is 3.07. The minimum atomic E-state index is -3.33. The van der Waals surface area contributed by atoms with Crippen LogP contribution in [0.25, 0.3) is 0 Å². The van der Waals surface area contributed by atoms with Crippen molar-refractivity contribution in [2.75, 3.05) is 0 Å². The third-order valence-electron chi connectivity index (χ3n) is 3.61. The number of ether oxygens (including phenoxy) is 2. The number of carbonyl (C=O) groups excluding carboxylic acids is 1. The highest BCUT2D eigenvalue weighted by molar-refractivity contribution is 7.92. The molecule has 0 aliphatic carbocycles. The lowest BCUT2D eigenvalue weighted by molar-refractivity contribution is -0.113. The number of benzene rings is 1. The maximum Gasteiger partial charge on any atom is 0.180 e. The average Bonchev–Trinajstić information content (AvgIpc) is 2.54. The van der Waals surface area contributed by atoms with E-state index in [2.05, 4.69) is 6.58 Å². The first-order valence-electron chi connectivity index (χ1n) is 8.71. The highest BCUT2D eigenvalue weighted by Crippen LogP contribution is 2.22. The zero-order valence-electron chi connectivity index (χ0n) is 16.8. The minimum absolute atomic E-state index is 0.0539. The summed E-state index contributed by atoms with van der Waals surface area (Å²) in [5.41, 5.74) is 0.554. The second-order valence-electron chi connectivity index (χ2n) is 6.73. The first-order valence-corrected chi connectivity index (χ1v) is 10.3. The number of allylic oxidation sites excluding steroid dienone is 3. The van der Waals surface area contributed by atoms with E-state index in [9.17, 15) is 13.2 Å². The Bertz CT molecular complexity index is 841. The molecule has 148 valence electrons. The van der Waals surface area contributed by atoms with Crippen LogP contribution in [0.4, 0.5) is 0 Å². The molecule has 0 aliphatic rings. The molecule has 0 spiro atoms. The summed E-state index contributed by atoms with van der Waals surface area (Å²) in [7, 11) is -3.33. The van der Waals surface area contributed by atoms with Crippen molar-refractivity contribution in [2.24, 2.45) is 0 Å². The van der Waals surface area contributed by atoms with E-state index in [1.807, 2.05) is 13.8 Å². The molecule has 1 aromatic carbocycles. The molecular formula is C21H28O5S. The van der Waals surface area contributed by atoms with Crippen LogP contribution in [0.15, 0.2) is 65.0 Å². The summed E-state index contributed by atoms with van der Waals surface area (Å²) in [6, 6.07) is 6.17. The quantitative estimate of drug-likeness (QED) is 0.349. The van der Waals surface area contributed by atoms with Crippen LogP contribution in [0.2, 0.25) is 0 Å². The largest absolute Gasteiger partial charge is 0.491 e. The second kappa shape index (κ2) is 9.55. The van der Waals surface area contributed by atoms with Crippen LogP contribution in [-0.4, -0.2) is 25.6 Å². The first kappa shape index (κ1) is 22.7. The topological polar surface area (TPSA) is 69.7 Å². The lowest BCUT2D eigenvalue weighted by atomic mass is 10.2. The third-order valence-corrected chi connectivity index (χ3v) is 5.78. The van der Waals surface area contributed by atoms with Gasteiger partial charge in [0.15, 0.2) is 15.6 Å². The molecule has 0 radical (unpaired) electrons. The van der Waals surface area contributed by atoms with Crippen molar-refractivity contribution in [1.82, 2.24) is 0 Å². The third kappa shape index (κ3) is 7.06. The highest BCUT2D eigenvalue weighted by atomic mass is 32.2. The predicted octanol–water partition coefficient (Wildman–Crippen LogP) is 4.61. The number of sulfone groups is 1. The smallest absolute Gasteiger partial charge is 0.180 e. The molecule has 0 atom stereocenters. The van der Waals surface area contributed by atoms with Gasteiger partial charge in [0.2, 0.25) is 0 Å². The van der Waals surface area contributed by atoms with Gasteiger partial charge in [0.25, 0.3) is 0 Å². The van der Waals surface area contributed by atoms with Crippen molar-refractivity contribution in [2.45, 2.75) is 57.8 Å². The van der Waals surface area contributed by atoms with Gasteiger partial charge in [0.1, 0.15) is 17.3 Å². The molecule has 0 saturated heterocycles. The number of hydrogen-bond acceptors (Lipinski definition) is 5. The van der Waals surface area contributed by atoms with Gasteiger partial charge in [0.05, 0.1) is 16.2 Å². The lowest BCUT2D eigenvalue weighted by Gasteiger charge is -2.13. The molecule has 0 N–H and O–H groups in total. The van der Waals surface area contributed by atoms with Gasteiger partial charge in [-0.15, -0.1) is 0 Å². The Morgan fingerprint density at radius 2 is 1.59 bits per heavy atom. The highest BCUT2D eigenvalue weighted by Gasteiger charge is 2.18. The molecule has 1 rings (SSSR count). The molecule has 0 bridgehead atoms. The van der Waals surface area contributed by atoms with Crippen LogP contribution < -0.4 is 4.74 Å². The molecule has 0 fully saturated rings. The first-order chi connectivity index (χ1) is 12.4. The van der Waals surface area contributed by atoms with Crippen molar-refractivity contribution >= 4 is 15.6 Å². The van der Waals surface area contributed by atoms with Crippen LogP contribution in [0.5, 0.6) is 5.75 Å². The predicted molar refractivity (Wildman–Crippen MR) is 107 cm³/mol. The van der Waals surface area contributed by atoms with E-state index in [-0.39, 0.29) is 16.8 Å². The van der Waals surface area contributed by atoms with Crippen LogP contribution >= 0.6 is 0 Å². The Morgan fingerprint density at radius 3 is 2.04 bits per heavy atom. The van der Waals surface area contributed by atoms with E-state index in [1.165, 1.54) is 19.1 Å². The monoisotopic (exact) mass is 392 g/mol. The van der Waals surface area contributed by atoms with Crippen LogP contribution in [-0.2, 0) is 19.4 Å². The second-order valence-corrected chi connectivity index (χ2v) is 9.23. The van der Waals surface area contributed by atoms with Gasteiger partial charge in [-0.1, -0.05) is 6.58 Å². The Labute approximate surface area is 162 Å². The molecule has 0 aliphatic heterocycles. The van der Waals surface area contributed by atoms with E-state index in [1.54, 1.807) is 45.1 Å². The number of carbonyl (C=O) groups is 1. The summed E-state index contributed by atoms with van der Waals surface area (Å²) >= 11 is 0. The molecule has 0 aromatic heterocycles. The summed E-state index contributed by atoms with van der Waals surface area (Å²) < 4.78 is 35.6. The van der Waals surface area contributed by atoms with Gasteiger partial charge in [-0.2, -0.15) is 0 Å². The van der Waals surface area contributed by atoms with Crippen molar-refractivity contribution in [3.05, 3.63) is 60.1 Å². The molecule has 1 aromatic rings. The van der Waals surface area contributed by atoms with Crippen LogP contribution in [0, 0.1) is 0 Å². The summed E-state index contributed by atoms with van der Waals surface area (Å²) in [5, 5.41) is -0.491. The summed E-state index contributed by atoms with van der Waals surface area (Å²) in [4.78, 5) is 11.7.